The topological polar surface area (TPSA) is 76.6 Å². The van der Waals surface area contributed by atoms with Gasteiger partial charge in [0, 0.05) is 24.7 Å². The predicted octanol–water partition coefficient (Wildman–Crippen LogP) is 4.63. The van der Waals surface area contributed by atoms with E-state index in [4.69, 9.17) is 9.47 Å². The molecule has 1 aromatic heterocycles. The van der Waals surface area contributed by atoms with Crippen LogP contribution in [0.15, 0.2) is 48.5 Å². The first kappa shape index (κ1) is 20.2. The quantitative estimate of drug-likeness (QED) is 0.646. The van der Waals surface area contributed by atoms with E-state index in [2.05, 4.69) is 15.5 Å². The summed E-state index contributed by atoms with van der Waals surface area (Å²) in [5.74, 6) is 1.87. The van der Waals surface area contributed by atoms with Crippen LogP contribution in [0.25, 0.3) is 10.6 Å². The second-order valence-electron chi connectivity index (χ2n) is 7.07. The highest BCUT2D eigenvalue weighted by Gasteiger charge is 2.26. The lowest BCUT2D eigenvalue weighted by Gasteiger charge is -2.31. The zero-order chi connectivity index (χ0) is 20.9. The normalized spacial score (nSPS) is 14.4. The highest BCUT2D eigenvalue weighted by molar-refractivity contribution is 7.14. The minimum Gasteiger partial charge on any atom is -0.497 e. The lowest BCUT2D eigenvalue weighted by molar-refractivity contribution is 0.194. The molecule has 30 heavy (non-hydrogen) atoms. The number of methoxy groups -OCH3 is 2. The molecule has 0 aliphatic carbocycles. The Balaban J connectivity index is 1.35. The first-order valence-electron chi connectivity index (χ1n) is 9.84. The summed E-state index contributed by atoms with van der Waals surface area (Å²) in [5, 5.41) is 13.6. The summed E-state index contributed by atoms with van der Waals surface area (Å²) in [5.41, 5.74) is 1.72. The van der Waals surface area contributed by atoms with E-state index in [1.165, 1.54) is 0 Å². The highest BCUT2D eigenvalue weighted by atomic mass is 32.1. The van der Waals surface area contributed by atoms with Crippen molar-refractivity contribution in [2.45, 2.75) is 18.8 Å². The van der Waals surface area contributed by atoms with Gasteiger partial charge in [-0.25, -0.2) is 4.79 Å². The highest BCUT2D eigenvalue weighted by Crippen LogP contribution is 2.36. The molecule has 0 atom stereocenters. The number of para-hydroxylation sites is 1. The standard InChI is InChI=1S/C22H24N4O3S/c1-28-17-9-7-16(8-10-17)23-22(27)26-13-11-15(12-14-26)20-24-25-21(30-20)18-5-3-4-6-19(18)29-2/h3-10,15H,11-14H2,1-2H3,(H,23,27). The van der Waals surface area contributed by atoms with Gasteiger partial charge in [-0.1, -0.05) is 23.5 Å². The monoisotopic (exact) mass is 424 g/mol. The van der Waals surface area contributed by atoms with E-state index < -0.39 is 0 Å². The molecule has 0 spiro atoms. The largest absolute Gasteiger partial charge is 0.497 e. The van der Waals surface area contributed by atoms with E-state index in [1.54, 1.807) is 25.6 Å². The molecule has 4 rings (SSSR count). The van der Waals surface area contributed by atoms with Crippen molar-refractivity contribution in [2.24, 2.45) is 0 Å². The second kappa shape index (κ2) is 9.13. The van der Waals surface area contributed by atoms with Gasteiger partial charge < -0.3 is 19.7 Å². The fraction of sp³-hybridized carbons (Fsp3) is 0.318. The van der Waals surface area contributed by atoms with E-state index in [0.29, 0.717) is 19.0 Å². The third kappa shape index (κ3) is 4.38. The lowest BCUT2D eigenvalue weighted by Crippen LogP contribution is -2.40. The molecule has 1 aliphatic heterocycles. The van der Waals surface area contributed by atoms with E-state index in [0.717, 1.165) is 45.6 Å². The zero-order valence-electron chi connectivity index (χ0n) is 17.0. The summed E-state index contributed by atoms with van der Waals surface area (Å²) in [7, 11) is 3.28. The third-order valence-corrected chi connectivity index (χ3v) is 6.37. The fourth-order valence-electron chi connectivity index (χ4n) is 3.54. The number of benzene rings is 2. The predicted molar refractivity (Wildman–Crippen MR) is 117 cm³/mol. The van der Waals surface area contributed by atoms with Crippen LogP contribution in [-0.2, 0) is 0 Å². The van der Waals surface area contributed by atoms with E-state index in [1.807, 2.05) is 53.4 Å². The molecule has 0 bridgehead atoms. The minimum absolute atomic E-state index is 0.0782. The average Bonchev–Trinajstić information content (AvgIpc) is 3.30. The van der Waals surface area contributed by atoms with Gasteiger partial charge in [-0.05, 0) is 49.2 Å². The number of aromatic nitrogens is 2. The molecule has 1 fully saturated rings. The summed E-state index contributed by atoms with van der Waals surface area (Å²) in [4.78, 5) is 14.4. The van der Waals surface area contributed by atoms with E-state index in [-0.39, 0.29) is 6.03 Å². The second-order valence-corrected chi connectivity index (χ2v) is 8.07. The first-order valence-corrected chi connectivity index (χ1v) is 10.7. The number of nitrogens with one attached hydrogen (secondary N) is 1. The summed E-state index contributed by atoms with van der Waals surface area (Å²) in [6.07, 6.45) is 1.74. The third-order valence-electron chi connectivity index (χ3n) is 5.25. The molecule has 2 heterocycles. The molecule has 2 aromatic carbocycles. The number of anilines is 1. The molecule has 0 saturated carbocycles. The number of carbonyl (C=O) groups excluding carboxylic acids is 1. The van der Waals surface area contributed by atoms with Crippen molar-refractivity contribution in [3.63, 3.8) is 0 Å². The molecule has 0 unspecified atom stereocenters. The van der Waals surface area contributed by atoms with E-state index >= 15 is 0 Å². The fourth-order valence-corrected chi connectivity index (χ4v) is 4.58. The number of likely N-dealkylation sites (tertiary alicyclic amines) is 1. The van der Waals surface area contributed by atoms with Crippen LogP contribution >= 0.6 is 11.3 Å². The SMILES string of the molecule is COc1ccc(NC(=O)N2CCC(c3nnc(-c4ccccc4OC)s3)CC2)cc1. The van der Waals surface area contributed by atoms with Crippen LogP contribution in [0.2, 0.25) is 0 Å². The Hall–Kier alpha value is -3.13. The molecule has 7 nitrogen and oxygen atoms in total. The molecule has 1 N–H and O–H groups in total. The van der Waals surface area contributed by atoms with Gasteiger partial charge >= 0.3 is 6.03 Å². The maximum Gasteiger partial charge on any atom is 0.321 e. The van der Waals surface area contributed by atoms with Crippen LogP contribution in [0.5, 0.6) is 11.5 Å². The number of hydrogen-bond donors (Lipinski definition) is 1. The molecule has 1 saturated heterocycles. The molecule has 0 radical (unpaired) electrons. The summed E-state index contributed by atoms with van der Waals surface area (Å²) in [6, 6.07) is 15.1. The van der Waals surface area contributed by atoms with Gasteiger partial charge in [0.05, 0.1) is 19.8 Å². The van der Waals surface area contributed by atoms with Crippen LogP contribution in [0.1, 0.15) is 23.8 Å². The van der Waals surface area contributed by atoms with Crippen molar-refractivity contribution in [2.75, 3.05) is 32.6 Å². The minimum atomic E-state index is -0.0782. The number of piperidine rings is 1. The molecule has 2 amide bonds. The molecular weight excluding hydrogens is 400 g/mol. The van der Waals surface area contributed by atoms with Crippen LogP contribution in [0.4, 0.5) is 10.5 Å². The maximum absolute atomic E-state index is 12.6. The van der Waals surface area contributed by atoms with Gasteiger partial charge in [0.25, 0.3) is 0 Å². The summed E-state index contributed by atoms with van der Waals surface area (Å²) in [6.45, 7) is 1.38. The van der Waals surface area contributed by atoms with Gasteiger partial charge in [-0.2, -0.15) is 0 Å². The van der Waals surface area contributed by atoms with Crippen LogP contribution in [0.3, 0.4) is 0 Å². The number of amides is 2. The van der Waals surface area contributed by atoms with Crippen molar-refractivity contribution in [1.29, 1.82) is 0 Å². The molecule has 1 aliphatic rings. The Morgan fingerprint density at radius 3 is 2.47 bits per heavy atom. The van der Waals surface area contributed by atoms with Crippen molar-refractivity contribution < 1.29 is 14.3 Å². The van der Waals surface area contributed by atoms with Crippen molar-refractivity contribution >= 4 is 23.1 Å². The maximum atomic E-state index is 12.6. The number of hydrogen-bond acceptors (Lipinski definition) is 6. The number of nitrogens with zero attached hydrogens (tertiary/aromatic N) is 3. The lowest BCUT2D eigenvalue weighted by atomic mass is 9.98. The van der Waals surface area contributed by atoms with Crippen molar-refractivity contribution in [1.82, 2.24) is 15.1 Å². The Bertz CT molecular complexity index is 998. The van der Waals surface area contributed by atoms with Crippen molar-refractivity contribution in [3.8, 4) is 22.1 Å². The summed E-state index contributed by atoms with van der Waals surface area (Å²) < 4.78 is 10.6. The van der Waals surface area contributed by atoms with Crippen LogP contribution < -0.4 is 14.8 Å². The van der Waals surface area contributed by atoms with Gasteiger partial charge in [0.2, 0.25) is 0 Å². The van der Waals surface area contributed by atoms with Crippen LogP contribution in [-0.4, -0.2) is 48.4 Å². The summed E-state index contributed by atoms with van der Waals surface area (Å²) >= 11 is 1.60. The van der Waals surface area contributed by atoms with Crippen LogP contribution in [0, 0.1) is 0 Å². The van der Waals surface area contributed by atoms with Gasteiger partial charge in [0.15, 0.2) is 5.01 Å². The first-order chi connectivity index (χ1) is 14.7. The zero-order valence-corrected chi connectivity index (χ0v) is 17.8. The molecular formula is C22H24N4O3S. The Labute approximate surface area is 179 Å². The number of rotatable bonds is 5. The van der Waals surface area contributed by atoms with Crippen molar-refractivity contribution in [3.05, 3.63) is 53.5 Å². The Morgan fingerprint density at radius 2 is 1.77 bits per heavy atom. The molecule has 3 aromatic rings. The molecule has 8 heteroatoms. The Morgan fingerprint density at radius 1 is 1.03 bits per heavy atom. The van der Waals surface area contributed by atoms with E-state index in [9.17, 15) is 4.79 Å². The van der Waals surface area contributed by atoms with Gasteiger partial charge in [-0.15, -0.1) is 10.2 Å². The number of urea groups is 1. The molecule has 156 valence electrons. The Kier molecular flexibility index (Phi) is 6.13. The smallest absolute Gasteiger partial charge is 0.321 e. The number of ether oxygens (including phenoxy) is 2. The van der Waals surface area contributed by atoms with Gasteiger partial charge in [-0.3, -0.25) is 0 Å². The average molecular weight is 425 g/mol. The van der Waals surface area contributed by atoms with Gasteiger partial charge in [0.1, 0.15) is 16.5 Å². The number of carbonyl (C=O) groups is 1.